The van der Waals surface area contributed by atoms with Gasteiger partial charge in [-0.05, 0) is 0 Å². The molecule has 1 aromatic heterocycles. The van der Waals surface area contributed by atoms with Crippen LogP contribution in [-0.4, -0.2) is 46.0 Å². The summed E-state index contributed by atoms with van der Waals surface area (Å²) in [5.41, 5.74) is 0.736. The number of nitrogens with zero attached hydrogens (tertiary/aromatic N) is 5. The van der Waals surface area contributed by atoms with E-state index in [9.17, 15) is 0 Å². The van der Waals surface area contributed by atoms with Crippen LogP contribution in [0.25, 0.3) is 4.85 Å². The summed E-state index contributed by atoms with van der Waals surface area (Å²) < 4.78 is 6.85. The second-order valence-electron chi connectivity index (χ2n) is 4.79. The van der Waals surface area contributed by atoms with Gasteiger partial charge in [-0.15, -0.1) is 0 Å². The molecule has 0 bridgehead atoms. The Kier molecular flexibility index (Phi) is 3.82. The third-order valence-corrected chi connectivity index (χ3v) is 3.54. The molecule has 0 atom stereocenters. The van der Waals surface area contributed by atoms with Crippen LogP contribution < -0.4 is 3.53 Å². The van der Waals surface area contributed by atoms with Gasteiger partial charge in [-0.3, -0.25) is 0 Å². The fraction of sp³-hybridized carbons (Fsp3) is 0.500. The topological polar surface area (TPSA) is 56.1 Å². The molecule has 1 aliphatic heterocycles. The van der Waals surface area contributed by atoms with E-state index in [1.165, 1.54) is 4.68 Å². The molecule has 1 aliphatic rings. The first kappa shape index (κ1) is 13.9. The first-order chi connectivity index (χ1) is 9.01. The SMILES string of the molecule is [C-]#[N+]c1cc([O][GaH])n(C2=NC(C)(C)C(CCC)=N2)n1. The first-order valence-electron chi connectivity index (χ1n) is 6.09. The van der Waals surface area contributed by atoms with Crippen molar-refractivity contribution in [3.63, 3.8) is 0 Å². The van der Waals surface area contributed by atoms with E-state index in [2.05, 4.69) is 26.9 Å². The molecule has 2 rings (SSSR count). The van der Waals surface area contributed by atoms with Crippen molar-refractivity contribution in [2.75, 3.05) is 0 Å². The van der Waals surface area contributed by atoms with Gasteiger partial charge < -0.3 is 0 Å². The molecule has 19 heavy (non-hydrogen) atoms. The molecule has 0 aliphatic carbocycles. The molecule has 0 spiro atoms. The van der Waals surface area contributed by atoms with Gasteiger partial charge in [0.2, 0.25) is 0 Å². The van der Waals surface area contributed by atoms with E-state index in [-0.39, 0.29) is 5.54 Å². The molecule has 7 heteroatoms. The maximum atomic E-state index is 7.01. The van der Waals surface area contributed by atoms with Crippen LogP contribution >= 0.6 is 0 Å². The van der Waals surface area contributed by atoms with Crippen LogP contribution in [0.3, 0.4) is 0 Å². The molecule has 0 unspecified atom stereocenters. The van der Waals surface area contributed by atoms with Gasteiger partial charge in [0, 0.05) is 0 Å². The maximum absolute atomic E-state index is 7.01. The molecular formula is C12H15GaN5O. The normalized spacial score (nSPS) is 16.7. The van der Waals surface area contributed by atoms with Crippen molar-refractivity contribution >= 4 is 36.5 Å². The molecule has 6 nitrogen and oxygen atoms in total. The molecule has 0 saturated carbocycles. The zero-order chi connectivity index (χ0) is 14.0. The minimum atomic E-state index is -0.309. The van der Waals surface area contributed by atoms with E-state index in [1.54, 1.807) is 6.07 Å². The minimum absolute atomic E-state index is 0.295. The fourth-order valence-corrected chi connectivity index (χ4v) is 2.37. The monoisotopic (exact) mass is 314 g/mol. The Morgan fingerprint density at radius 2 is 2.26 bits per heavy atom. The van der Waals surface area contributed by atoms with E-state index in [1.807, 2.05) is 13.8 Å². The first-order valence-corrected chi connectivity index (χ1v) is 7.30. The van der Waals surface area contributed by atoms with Crippen LogP contribution in [0.1, 0.15) is 33.6 Å². The van der Waals surface area contributed by atoms with Gasteiger partial charge in [0.15, 0.2) is 0 Å². The Balaban J connectivity index is 2.44. The van der Waals surface area contributed by atoms with Crippen LogP contribution in [0.15, 0.2) is 16.1 Å². The second-order valence-corrected chi connectivity index (χ2v) is 5.39. The summed E-state index contributed by atoms with van der Waals surface area (Å²) in [6.07, 6.45) is 1.94. The predicted octanol–water partition coefficient (Wildman–Crippen LogP) is 1.87. The zero-order valence-electron chi connectivity index (χ0n) is 11.3. The summed E-state index contributed by atoms with van der Waals surface area (Å²) in [6.45, 7) is 13.2. The summed E-state index contributed by atoms with van der Waals surface area (Å²) in [5.74, 6) is 1.33. The number of aromatic nitrogens is 2. The molecule has 1 radical (unpaired) electrons. The van der Waals surface area contributed by atoms with E-state index < -0.39 is 0 Å². The third kappa shape index (κ3) is 2.60. The van der Waals surface area contributed by atoms with Crippen molar-refractivity contribution in [1.82, 2.24) is 9.78 Å². The Bertz CT molecular complexity index is 594. The molecule has 1 aromatic rings. The Labute approximate surface area is 122 Å². The summed E-state index contributed by atoms with van der Waals surface area (Å²) in [4.78, 5) is 12.5. The van der Waals surface area contributed by atoms with Gasteiger partial charge in [0.05, 0.1) is 0 Å². The second kappa shape index (κ2) is 5.23. The third-order valence-electron chi connectivity index (χ3n) is 2.92. The molecule has 0 saturated heterocycles. The van der Waals surface area contributed by atoms with Crippen LogP contribution in [0.5, 0.6) is 5.88 Å². The van der Waals surface area contributed by atoms with Crippen molar-refractivity contribution in [2.24, 2.45) is 9.98 Å². The van der Waals surface area contributed by atoms with Gasteiger partial charge in [-0.25, -0.2) is 0 Å². The Hall–Kier alpha value is -1.52. The summed E-state index contributed by atoms with van der Waals surface area (Å²) in [6, 6.07) is 1.61. The average Bonchev–Trinajstić information content (AvgIpc) is 2.91. The van der Waals surface area contributed by atoms with Crippen molar-refractivity contribution in [3.8, 4) is 5.88 Å². The van der Waals surface area contributed by atoms with Crippen LogP contribution in [-0.2, 0) is 0 Å². The van der Waals surface area contributed by atoms with Gasteiger partial charge in [-0.2, -0.15) is 0 Å². The molecule has 97 valence electrons. The van der Waals surface area contributed by atoms with E-state index in [0.29, 0.717) is 36.6 Å². The quantitative estimate of drug-likeness (QED) is 0.631. The van der Waals surface area contributed by atoms with Crippen molar-refractivity contribution in [1.29, 1.82) is 0 Å². The molecule has 0 fully saturated rings. The number of aliphatic imine (C=N–C) groups is 2. The van der Waals surface area contributed by atoms with E-state index >= 15 is 0 Å². The van der Waals surface area contributed by atoms with Gasteiger partial charge >= 0.3 is 122 Å². The summed E-state index contributed by atoms with van der Waals surface area (Å²) in [7, 11) is 0. The summed E-state index contributed by atoms with van der Waals surface area (Å²) in [5, 5.41) is 4.16. The Morgan fingerprint density at radius 3 is 2.84 bits per heavy atom. The number of hydrogen-bond donors (Lipinski definition) is 0. The fourth-order valence-electron chi connectivity index (χ4n) is 1.94. The van der Waals surface area contributed by atoms with Crippen LogP contribution in [0.4, 0.5) is 5.82 Å². The average molecular weight is 315 g/mol. The zero-order valence-corrected chi connectivity index (χ0v) is 14.3. The molecule has 0 amide bonds. The molecule has 2 heterocycles. The number of hydrogen-bond acceptors (Lipinski definition) is 4. The van der Waals surface area contributed by atoms with Crippen molar-refractivity contribution < 1.29 is 3.53 Å². The van der Waals surface area contributed by atoms with E-state index in [0.717, 1.165) is 18.6 Å². The predicted molar refractivity (Wildman–Crippen MR) is 75.5 cm³/mol. The van der Waals surface area contributed by atoms with E-state index in [4.69, 9.17) is 10.1 Å². The summed E-state index contributed by atoms with van der Waals surface area (Å²) >= 11 is 0.630. The van der Waals surface area contributed by atoms with Gasteiger partial charge in [0.1, 0.15) is 0 Å². The standard InChI is InChI=1S/C12H15N5O.Ga.H/c1-5-6-8-12(2,3)15-11(14-8)17-10(18)7-9(13-4)16-17;;/h7,18H,5-6H2,1-3H3;;/q;+1;/p-1. The van der Waals surface area contributed by atoms with Crippen molar-refractivity contribution in [3.05, 3.63) is 17.5 Å². The van der Waals surface area contributed by atoms with Crippen LogP contribution in [0.2, 0.25) is 0 Å². The Morgan fingerprint density at radius 1 is 1.53 bits per heavy atom. The molecular weight excluding hydrogens is 300 g/mol. The molecule has 0 aromatic carbocycles. The van der Waals surface area contributed by atoms with Crippen molar-refractivity contribution in [2.45, 2.75) is 39.2 Å². The van der Waals surface area contributed by atoms with Crippen LogP contribution in [0, 0.1) is 6.57 Å². The number of rotatable bonds is 3. The molecule has 0 N–H and O–H groups in total. The van der Waals surface area contributed by atoms with Gasteiger partial charge in [-0.1, -0.05) is 0 Å². The van der Waals surface area contributed by atoms with Gasteiger partial charge in [0.25, 0.3) is 0 Å².